The number of nitrogens with zero attached hydrogens (tertiary/aromatic N) is 1. The van der Waals surface area contributed by atoms with Crippen molar-refractivity contribution in [2.24, 2.45) is 0 Å². The number of ether oxygens (including phenoxy) is 2. The van der Waals surface area contributed by atoms with Gasteiger partial charge in [-0.2, -0.15) is 0 Å². The number of fused-ring (bicyclic) bond motifs is 1. The van der Waals surface area contributed by atoms with E-state index in [0.29, 0.717) is 16.9 Å². The quantitative estimate of drug-likeness (QED) is 0.744. The number of carbonyl (C=O) groups is 3. The van der Waals surface area contributed by atoms with Gasteiger partial charge in [0, 0.05) is 12.1 Å². The molecule has 0 bridgehead atoms. The molecule has 1 atom stereocenters. The van der Waals surface area contributed by atoms with Crippen molar-refractivity contribution in [3.8, 4) is 11.5 Å². The van der Waals surface area contributed by atoms with Gasteiger partial charge in [-0.05, 0) is 35.4 Å². The third-order valence-corrected chi connectivity index (χ3v) is 5.21. The zero-order chi connectivity index (χ0) is 20.8. The fourth-order valence-electron chi connectivity index (χ4n) is 3.70. The van der Waals surface area contributed by atoms with E-state index in [2.05, 4.69) is 10.6 Å². The lowest BCUT2D eigenvalue weighted by Gasteiger charge is -2.31. The number of hydrogen-bond acceptors (Lipinski definition) is 5. The van der Waals surface area contributed by atoms with Crippen LogP contribution in [0.3, 0.4) is 0 Å². The summed E-state index contributed by atoms with van der Waals surface area (Å²) >= 11 is 0. The highest BCUT2D eigenvalue weighted by molar-refractivity contribution is 6.08. The summed E-state index contributed by atoms with van der Waals surface area (Å²) in [6, 6.07) is 8.37. The molecule has 2 N–H and O–H groups in total. The molecule has 9 heteroatoms. The van der Waals surface area contributed by atoms with Crippen molar-refractivity contribution < 1.29 is 28.2 Å². The number of methoxy groups -OCH3 is 2. The molecule has 4 amide bonds. The molecular weight excluding hydrogens is 381 g/mol. The number of halogens is 1. The van der Waals surface area contributed by atoms with Crippen molar-refractivity contribution in [1.82, 2.24) is 15.5 Å². The fourth-order valence-corrected chi connectivity index (χ4v) is 3.70. The Labute approximate surface area is 165 Å². The summed E-state index contributed by atoms with van der Waals surface area (Å²) in [6.45, 7) is 0.135. The Kier molecular flexibility index (Phi) is 4.37. The molecule has 0 saturated carbocycles. The second-order valence-electron chi connectivity index (χ2n) is 6.85. The van der Waals surface area contributed by atoms with Crippen molar-refractivity contribution in [1.29, 1.82) is 0 Å². The molecule has 8 nitrogen and oxygen atoms in total. The Morgan fingerprint density at radius 2 is 1.90 bits per heavy atom. The monoisotopic (exact) mass is 399 g/mol. The molecule has 0 aromatic heterocycles. The summed E-state index contributed by atoms with van der Waals surface area (Å²) in [6.07, 6.45) is 0. The molecule has 0 unspecified atom stereocenters. The average Bonchev–Trinajstić information content (AvgIpc) is 3.18. The van der Waals surface area contributed by atoms with Gasteiger partial charge in [-0.25, -0.2) is 9.18 Å². The Bertz CT molecular complexity index is 1040. The minimum Gasteiger partial charge on any atom is -0.497 e. The number of benzene rings is 2. The van der Waals surface area contributed by atoms with Crippen LogP contribution in [0.4, 0.5) is 9.18 Å². The molecule has 0 aliphatic carbocycles. The molecule has 4 rings (SSSR count). The van der Waals surface area contributed by atoms with E-state index in [9.17, 15) is 18.8 Å². The molecule has 2 aromatic carbocycles. The largest absolute Gasteiger partial charge is 0.497 e. The van der Waals surface area contributed by atoms with Crippen molar-refractivity contribution in [3.63, 3.8) is 0 Å². The van der Waals surface area contributed by atoms with Crippen LogP contribution in [0.15, 0.2) is 36.4 Å². The molecule has 2 aliphatic heterocycles. The van der Waals surface area contributed by atoms with E-state index >= 15 is 0 Å². The van der Waals surface area contributed by atoms with Crippen LogP contribution in [-0.4, -0.2) is 43.5 Å². The maximum absolute atomic E-state index is 13.9. The van der Waals surface area contributed by atoms with Gasteiger partial charge in [0.2, 0.25) is 0 Å². The smallest absolute Gasteiger partial charge is 0.322 e. The zero-order valence-electron chi connectivity index (χ0n) is 15.7. The van der Waals surface area contributed by atoms with Crippen LogP contribution in [0.5, 0.6) is 11.5 Å². The first kappa shape index (κ1) is 18.7. The Morgan fingerprint density at radius 1 is 1.10 bits per heavy atom. The molecule has 1 fully saturated rings. The SMILES string of the molecule is COc1ccc2c(c1)C(=O)N(C[C@@]1(c3ccc(F)c(OC)c3)NC(=O)NC1=O)C2. The van der Waals surface area contributed by atoms with E-state index in [1.54, 1.807) is 18.2 Å². The van der Waals surface area contributed by atoms with Gasteiger partial charge in [0.25, 0.3) is 11.8 Å². The lowest BCUT2D eigenvalue weighted by Crippen LogP contribution is -2.52. The summed E-state index contributed by atoms with van der Waals surface area (Å²) in [5.74, 6) is -1.05. The van der Waals surface area contributed by atoms with Crippen LogP contribution in [0, 0.1) is 5.82 Å². The molecule has 1 saturated heterocycles. The predicted octanol–water partition coefficient (Wildman–Crippen LogP) is 1.53. The first-order valence-corrected chi connectivity index (χ1v) is 8.82. The minimum atomic E-state index is -1.57. The molecule has 150 valence electrons. The van der Waals surface area contributed by atoms with Crippen LogP contribution in [0.1, 0.15) is 21.5 Å². The average molecular weight is 399 g/mol. The van der Waals surface area contributed by atoms with Gasteiger partial charge >= 0.3 is 6.03 Å². The van der Waals surface area contributed by atoms with Crippen molar-refractivity contribution in [3.05, 3.63) is 58.9 Å². The first-order chi connectivity index (χ1) is 13.9. The van der Waals surface area contributed by atoms with E-state index in [4.69, 9.17) is 9.47 Å². The highest BCUT2D eigenvalue weighted by Gasteiger charge is 2.50. The van der Waals surface area contributed by atoms with Crippen LogP contribution in [0.2, 0.25) is 0 Å². The third kappa shape index (κ3) is 2.95. The Balaban J connectivity index is 1.72. The van der Waals surface area contributed by atoms with E-state index < -0.39 is 23.3 Å². The van der Waals surface area contributed by atoms with Crippen molar-refractivity contribution in [2.45, 2.75) is 12.1 Å². The van der Waals surface area contributed by atoms with E-state index in [-0.39, 0.29) is 24.7 Å². The van der Waals surface area contributed by atoms with Gasteiger partial charge in [-0.15, -0.1) is 0 Å². The molecular formula is C20H18FN3O5. The highest BCUT2D eigenvalue weighted by atomic mass is 19.1. The number of rotatable bonds is 5. The molecule has 2 aliphatic rings. The van der Waals surface area contributed by atoms with Gasteiger partial charge in [0.1, 0.15) is 5.75 Å². The van der Waals surface area contributed by atoms with Crippen LogP contribution in [0.25, 0.3) is 0 Å². The van der Waals surface area contributed by atoms with Crippen molar-refractivity contribution >= 4 is 17.8 Å². The van der Waals surface area contributed by atoms with Crippen LogP contribution < -0.4 is 20.1 Å². The summed E-state index contributed by atoms with van der Waals surface area (Å²) in [5, 5.41) is 4.81. The van der Waals surface area contributed by atoms with Crippen LogP contribution in [-0.2, 0) is 16.9 Å². The number of urea groups is 1. The number of imide groups is 1. The molecule has 0 spiro atoms. The van der Waals surface area contributed by atoms with Gasteiger partial charge in [0.15, 0.2) is 17.1 Å². The second kappa shape index (κ2) is 6.77. The Morgan fingerprint density at radius 3 is 2.55 bits per heavy atom. The topological polar surface area (TPSA) is 97.0 Å². The highest BCUT2D eigenvalue weighted by Crippen LogP contribution is 2.34. The number of nitrogens with one attached hydrogen (secondary N) is 2. The van der Waals surface area contributed by atoms with E-state index in [1.165, 1.54) is 31.3 Å². The van der Waals surface area contributed by atoms with Gasteiger partial charge in [0.05, 0.1) is 20.8 Å². The van der Waals surface area contributed by atoms with E-state index in [1.807, 2.05) is 0 Å². The molecule has 2 heterocycles. The summed E-state index contributed by atoms with van der Waals surface area (Å²) in [4.78, 5) is 39.1. The third-order valence-electron chi connectivity index (χ3n) is 5.21. The molecule has 0 radical (unpaired) electrons. The van der Waals surface area contributed by atoms with Gasteiger partial charge in [-0.3, -0.25) is 14.9 Å². The maximum Gasteiger partial charge on any atom is 0.322 e. The zero-order valence-corrected chi connectivity index (χ0v) is 15.7. The van der Waals surface area contributed by atoms with E-state index in [0.717, 1.165) is 11.6 Å². The lowest BCUT2D eigenvalue weighted by atomic mass is 9.89. The maximum atomic E-state index is 13.9. The summed E-state index contributed by atoms with van der Waals surface area (Å²) < 4.78 is 24.1. The first-order valence-electron chi connectivity index (χ1n) is 8.82. The number of carbonyl (C=O) groups excluding carboxylic acids is 3. The summed E-state index contributed by atoms with van der Waals surface area (Å²) in [7, 11) is 2.81. The minimum absolute atomic E-state index is 0.0726. The fraction of sp³-hybridized carbons (Fsp3) is 0.250. The molecule has 2 aromatic rings. The lowest BCUT2D eigenvalue weighted by molar-refractivity contribution is -0.124. The normalized spacial score (nSPS) is 20.4. The van der Waals surface area contributed by atoms with Gasteiger partial charge < -0.3 is 19.7 Å². The second-order valence-corrected chi connectivity index (χ2v) is 6.85. The predicted molar refractivity (Wildman–Crippen MR) is 99.0 cm³/mol. The Hall–Kier alpha value is -3.62. The van der Waals surface area contributed by atoms with Crippen molar-refractivity contribution in [2.75, 3.05) is 20.8 Å². The van der Waals surface area contributed by atoms with Gasteiger partial charge in [-0.1, -0.05) is 12.1 Å². The standard InChI is InChI=1S/C20H18FN3O5/c1-28-13-5-3-11-9-24(17(25)14(11)8-13)10-20(18(26)22-19(27)23-20)12-4-6-15(21)16(7-12)29-2/h3-8H,9-10H2,1-2H3,(H2,22,23,26,27)/t20-/m0/s1. The summed E-state index contributed by atoms with van der Waals surface area (Å²) in [5.41, 5.74) is -0.00596. The number of hydrogen-bond donors (Lipinski definition) is 2. The molecule has 29 heavy (non-hydrogen) atoms. The number of amides is 4. The van der Waals surface area contributed by atoms with Crippen LogP contribution >= 0.6 is 0 Å².